The van der Waals surface area contributed by atoms with Gasteiger partial charge in [-0.1, -0.05) is 66.0 Å². The molecule has 0 saturated carbocycles. The summed E-state index contributed by atoms with van der Waals surface area (Å²) in [6.07, 6.45) is 1.71. The van der Waals surface area contributed by atoms with Gasteiger partial charge in [-0.25, -0.2) is 21.1 Å². The van der Waals surface area contributed by atoms with Crippen molar-refractivity contribution in [3.8, 4) is 39.8 Å². The van der Waals surface area contributed by atoms with Crippen LogP contribution in [0.2, 0.25) is 0 Å². The quantitative estimate of drug-likeness (QED) is 0.172. The normalized spacial score (nSPS) is 10.9. The van der Waals surface area contributed by atoms with Crippen LogP contribution in [-0.4, -0.2) is 14.5 Å². The van der Waals surface area contributed by atoms with Crippen LogP contribution in [0.1, 0.15) is 0 Å². The van der Waals surface area contributed by atoms with E-state index in [-0.39, 0.29) is 21.1 Å². The first-order valence-electron chi connectivity index (χ1n) is 12.4. The van der Waals surface area contributed by atoms with E-state index in [0.29, 0.717) is 11.6 Å². The molecule has 3 heterocycles. The van der Waals surface area contributed by atoms with Gasteiger partial charge in [0.15, 0.2) is 0 Å². The van der Waals surface area contributed by atoms with E-state index in [0.717, 1.165) is 50.0 Å². The molecule has 0 amide bonds. The molecule has 0 spiro atoms. The Balaban J connectivity index is 0.00000277. The zero-order valence-corrected chi connectivity index (χ0v) is 23.0. The van der Waals surface area contributed by atoms with Gasteiger partial charge in [0.25, 0.3) is 0 Å². The smallest absolute Gasteiger partial charge is 0.460 e. The van der Waals surface area contributed by atoms with Crippen molar-refractivity contribution in [2.24, 2.45) is 0 Å². The van der Waals surface area contributed by atoms with E-state index in [1.54, 1.807) is 6.20 Å². The zero-order valence-electron chi connectivity index (χ0n) is 20.7. The molecule has 188 valence electrons. The van der Waals surface area contributed by atoms with E-state index >= 15 is 0 Å². The molecule has 0 unspecified atom stereocenters. The Bertz CT molecular complexity index is 1900. The fourth-order valence-corrected chi connectivity index (χ4v) is 4.79. The van der Waals surface area contributed by atoms with Crippen molar-refractivity contribution in [3.05, 3.63) is 140 Å². The molecule has 5 heteroatoms. The third-order valence-corrected chi connectivity index (χ3v) is 6.53. The number of hydrogen-bond donors (Lipinski definition) is 0. The second-order valence-electron chi connectivity index (χ2n) is 8.93. The summed E-state index contributed by atoms with van der Waals surface area (Å²) in [4.78, 5) is 9.31. The van der Waals surface area contributed by atoms with Gasteiger partial charge in [-0.3, -0.25) is 0 Å². The van der Waals surface area contributed by atoms with E-state index in [2.05, 4.69) is 76.3 Å². The molecule has 0 aliphatic rings. The van der Waals surface area contributed by atoms with Gasteiger partial charge in [-0.2, -0.15) is 24.3 Å². The number of benzene rings is 4. The summed E-state index contributed by atoms with van der Waals surface area (Å²) in [5, 5.41) is 2.28. The second kappa shape index (κ2) is 10.7. The van der Waals surface area contributed by atoms with Gasteiger partial charge in [0, 0.05) is 29.1 Å². The Kier molecular flexibility index (Phi) is 6.79. The number of aromatic nitrogens is 3. The van der Waals surface area contributed by atoms with Crippen LogP contribution in [0.25, 0.3) is 50.0 Å². The summed E-state index contributed by atoms with van der Waals surface area (Å²) in [7, 11) is 0. The Labute approximate surface area is 240 Å². The topological polar surface area (TPSA) is 39.9 Å². The first-order chi connectivity index (χ1) is 18.8. The molecule has 4 aromatic carbocycles. The molecule has 0 N–H and O–H groups in total. The van der Waals surface area contributed by atoms with E-state index < -0.39 is 0 Å². The summed E-state index contributed by atoms with van der Waals surface area (Å²) >= 11 is 0. The van der Waals surface area contributed by atoms with Crippen LogP contribution < -0.4 is 4.74 Å². The molecular weight excluding hydrogens is 661 g/mol. The molecule has 3 aromatic heterocycles. The average Bonchev–Trinajstić information content (AvgIpc) is 3.32. The molecule has 0 fully saturated rings. The summed E-state index contributed by atoms with van der Waals surface area (Å²) in [5.74, 6) is 1.99. The Morgan fingerprint density at radius 2 is 1.41 bits per heavy atom. The van der Waals surface area contributed by atoms with Crippen molar-refractivity contribution < 1.29 is 25.8 Å². The monoisotopic (exact) mass is 682 g/mol. The van der Waals surface area contributed by atoms with Crippen molar-refractivity contribution in [2.75, 3.05) is 0 Å². The molecule has 0 aliphatic carbocycles. The number of hydrogen-bond acceptors (Lipinski definition) is 3. The number of para-hydroxylation sites is 1. The van der Waals surface area contributed by atoms with Gasteiger partial charge < -0.3 is 9.30 Å². The van der Waals surface area contributed by atoms with Gasteiger partial charge in [0.05, 0.1) is 5.69 Å². The van der Waals surface area contributed by atoms with Gasteiger partial charge >= 0.3 is 21.1 Å². The predicted octanol–water partition coefficient (Wildman–Crippen LogP) is 8.30. The first-order valence-corrected chi connectivity index (χ1v) is 12.4. The van der Waals surface area contributed by atoms with Crippen molar-refractivity contribution in [1.29, 1.82) is 0 Å². The van der Waals surface area contributed by atoms with Crippen molar-refractivity contribution in [3.63, 3.8) is 0 Å². The third kappa shape index (κ3) is 4.76. The van der Waals surface area contributed by atoms with E-state index in [1.165, 1.54) is 0 Å². The SMILES string of the molecule is [Pt+2].[c-]1c(Oc2ccccn2)cccc1-c1[c-]c2c(cc1)c1ccccc1n2-c1cccc(-c2ccccc2)n1. The maximum atomic E-state index is 5.93. The van der Waals surface area contributed by atoms with E-state index in [9.17, 15) is 0 Å². The maximum Gasteiger partial charge on any atom is 2.00 e. The van der Waals surface area contributed by atoms with E-state index in [1.807, 2.05) is 66.7 Å². The summed E-state index contributed by atoms with van der Waals surface area (Å²) in [5.41, 5.74) is 5.88. The standard InChI is InChI=1S/C34H21N3O.Pt/c1-2-10-24(11-3-1)30-15-9-17-33(36-30)37-31-16-5-4-14-28(31)29-20-19-26(23-32(29)37)25-12-8-13-27(22-25)38-34-18-6-7-21-35-34;/h1-21H;/q-2;+2. The minimum absolute atomic E-state index is 0. The third-order valence-electron chi connectivity index (χ3n) is 6.53. The van der Waals surface area contributed by atoms with Gasteiger partial charge in [0.2, 0.25) is 5.88 Å². The van der Waals surface area contributed by atoms with Gasteiger partial charge in [-0.05, 0) is 35.2 Å². The van der Waals surface area contributed by atoms with Crippen LogP contribution in [-0.2, 0) is 21.1 Å². The maximum absolute atomic E-state index is 5.93. The van der Waals surface area contributed by atoms with Crippen LogP contribution in [0.4, 0.5) is 0 Å². The molecule has 0 bridgehead atoms. The molecule has 7 aromatic rings. The number of nitrogens with zero attached hydrogens (tertiary/aromatic N) is 3. The number of rotatable bonds is 5. The molecule has 0 atom stereocenters. The fraction of sp³-hybridized carbons (Fsp3) is 0. The molecule has 0 aliphatic heterocycles. The fourth-order valence-electron chi connectivity index (χ4n) is 4.79. The number of fused-ring (bicyclic) bond motifs is 3. The van der Waals surface area contributed by atoms with E-state index in [4.69, 9.17) is 9.72 Å². The van der Waals surface area contributed by atoms with Gasteiger partial charge in [-0.15, -0.1) is 18.2 Å². The number of ether oxygens (including phenoxy) is 1. The van der Waals surface area contributed by atoms with Crippen molar-refractivity contribution >= 4 is 21.8 Å². The molecule has 4 nitrogen and oxygen atoms in total. The van der Waals surface area contributed by atoms with Crippen LogP contribution in [0, 0.1) is 12.1 Å². The van der Waals surface area contributed by atoms with Crippen LogP contribution >= 0.6 is 0 Å². The summed E-state index contributed by atoms with van der Waals surface area (Å²) in [6.45, 7) is 0. The molecule has 0 saturated heterocycles. The Morgan fingerprint density at radius 3 is 2.28 bits per heavy atom. The molecule has 7 rings (SSSR count). The number of pyridine rings is 2. The minimum atomic E-state index is 0. The Morgan fingerprint density at radius 1 is 0.615 bits per heavy atom. The Hall–Kier alpha value is -4.53. The first kappa shape index (κ1) is 24.8. The van der Waals surface area contributed by atoms with Crippen LogP contribution in [0.5, 0.6) is 11.6 Å². The largest absolute Gasteiger partial charge is 2.00 e. The summed E-state index contributed by atoms with van der Waals surface area (Å²) in [6, 6.07) is 47.5. The zero-order chi connectivity index (χ0) is 25.3. The van der Waals surface area contributed by atoms with Gasteiger partial charge in [0.1, 0.15) is 5.82 Å². The second-order valence-corrected chi connectivity index (χ2v) is 8.93. The average molecular weight is 683 g/mol. The minimum Gasteiger partial charge on any atom is -0.460 e. The molecule has 0 radical (unpaired) electrons. The molecular formula is C34H21N3OPt. The van der Waals surface area contributed by atoms with Crippen molar-refractivity contribution in [1.82, 2.24) is 14.5 Å². The van der Waals surface area contributed by atoms with Crippen molar-refractivity contribution in [2.45, 2.75) is 0 Å². The van der Waals surface area contributed by atoms with Crippen LogP contribution in [0.15, 0.2) is 128 Å². The molecule has 39 heavy (non-hydrogen) atoms. The van der Waals surface area contributed by atoms with Crippen LogP contribution in [0.3, 0.4) is 0 Å². The summed E-state index contributed by atoms with van der Waals surface area (Å²) < 4.78 is 8.12. The predicted molar refractivity (Wildman–Crippen MR) is 151 cm³/mol.